The highest BCUT2D eigenvalue weighted by Crippen LogP contribution is 2.33. The third-order valence-electron chi connectivity index (χ3n) is 3.27. The van der Waals surface area contributed by atoms with Crippen molar-refractivity contribution in [1.82, 2.24) is 5.43 Å². The van der Waals surface area contributed by atoms with Gasteiger partial charge in [-0.05, 0) is 24.3 Å². The van der Waals surface area contributed by atoms with E-state index in [-0.39, 0.29) is 26.3 Å². The van der Waals surface area contributed by atoms with Gasteiger partial charge in [0.1, 0.15) is 12.4 Å². The first-order valence-electron chi connectivity index (χ1n) is 7.29. The van der Waals surface area contributed by atoms with E-state index in [1.807, 2.05) is 0 Å². The molecular formula is C16H13Cl3FN3O3S. The quantitative estimate of drug-likeness (QED) is 0.536. The maximum atomic E-state index is 13.6. The molecule has 11 heteroatoms. The van der Waals surface area contributed by atoms with E-state index < -0.39 is 28.3 Å². The Hall–Kier alpha value is -1.87. The van der Waals surface area contributed by atoms with Gasteiger partial charge in [-0.25, -0.2) is 18.2 Å². The van der Waals surface area contributed by atoms with Crippen molar-refractivity contribution >= 4 is 62.6 Å². The number of nitrogens with zero attached hydrogens (tertiary/aromatic N) is 2. The number of benzene rings is 2. The van der Waals surface area contributed by atoms with Crippen LogP contribution in [-0.2, 0) is 14.8 Å². The van der Waals surface area contributed by atoms with Crippen molar-refractivity contribution in [2.45, 2.75) is 0 Å². The van der Waals surface area contributed by atoms with Crippen LogP contribution in [0.4, 0.5) is 10.1 Å². The summed E-state index contributed by atoms with van der Waals surface area (Å²) < 4.78 is 38.5. The van der Waals surface area contributed by atoms with Gasteiger partial charge >= 0.3 is 0 Å². The van der Waals surface area contributed by atoms with Crippen molar-refractivity contribution in [3.63, 3.8) is 0 Å². The first-order valence-corrected chi connectivity index (χ1v) is 10.3. The third kappa shape index (κ3) is 5.55. The minimum absolute atomic E-state index is 0.0148. The van der Waals surface area contributed by atoms with Crippen LogP contribution in [0.2, 0.25) is 15.1 Å². The van der Waals surface area contributed by atoms with E-state index in [1.54, 1.807) is 0 Å². The molecule has 0 saturated carbocycles. The minimum atomic E-state index is -3.85. The number of sulfonamides is 1. The molecule has 2 rings (SSSR count). The fourth-order valence-electron chi connectivity index (χ4n) is 2.03. The van der Waals surface area contributed by atoms with Crippen LogP contribution >= 0.6 is 34.8 Å². The number of nitrogens with one attached hydrogen (secondary N) is 1. The fourth-order valence-corrected chi connectivity index (χ4v) is 3.56. The Morgan fingerprint density at radius 3 is 2.44 bits per heavy atom. The van der Waals surface area contributed by atoms with E-state index in [0.717, 1.165) is 16.8 Å². The molecule has 0 radical (unpaired) electrons. The van der Waals surface area contributed by atoms with Crippen LogP contribution in [0.1, 0.15) is 5.56 Å². The predicted molar refractivity (Wildman–Crippen MR) is 106 cm³/mol. The summed E-state index contributed by atoms with van der Waals surface area (Å²) in [5, 5.41) is 3.83. The number of hydrazone groups is 1. The number of anilines is 1. The molecule has 27 heavy (non-hydrogen) atoms. The van der Waals surface area contributed by atoms with Crippen molar-refractivity contribution in [1.29, 1.82) is 0 Å². The van der Waals surface area contributed by atoms with Crippen molar-refractivity contribution in [2.24, 2.45) is 5.10 Å². The average molecular weight is 453 g/mol. The number of carbonyl (C=O) groups is 1. The summed E-state index contributed by atoms with van der Waals surface area (Å²) in [5.41, 5.74) is 2.14. The van der Waals surface area contributed by atoms with Gasteiger partial charge in [-0.3, -0.25) is 9.10 Å². The summed E-state index contributed by atoms with van der Waals surface area (Å²) in [5.74, 6) is -1.40. The number of rotatable bonds is 6. The summed E-state index contributed by atoms with van der Waals surface area (Å²) in [7, 11) is -3.85. The molecule has 0 aliphatic heterocycles. The highest BCUT2D eigenvalue weighted by atomic mass is 35.5. The highest BCUT2D eigenvalue weighted by Gasteiger charge is 2.23. The predicted octanol–water partition coefficient (Wildman–Crippen LogP) is 3.70. The lowest BCUT2D eigenvalue weighted by molar-refractivity contribution is -0.119. The molecule has 144 valence electrons. The number of halogens is 4. The van der Waals surface area contributed by atoms with E-state index in [9.17, 15) is 17.6 Å². The van der Waals surface area contributed by atoms with Gasteiger partial charge in [0.25, 0.3) is 5.91 Å². The van der Waals surface area contributed by atoms with Gasteiger partial charge < -0.3 is 0 Å². The first kappa shape index (κ1) is 21.4. The summed E-state index contributed by atoms with van der Waals surface area (Å²) in [6, 6.07) is 8.45. The van der Waals surface area contributed by atoms with Crippen LogP contribution in [-0.4, -0.2) is 33.3 Å². The maximum absolute atomic E-state index is 13.6. The van der Waals surface area contributed by atoms with Crippen molar-refractivity contribution < 1.29 is 17.6 Å². The zero-order valence-electron chi connectivity index (χ0n) is 13.8. The summed E-state index contributed by atoms with van der Waals surface area (Å²) in [6.45, 7) is -0.610. The Bertz CT molecular complexity index is 979. The van der Waals surface area contributed by atoms with Gasteiger partial charge in [0.2, 0.25) is 10.0 Å². The molecule has 0 aliphatic carbocycles. The molecule has 0 unspecified atom stereocenters. The van der Waals surface area contributed by atoms with Gasteiger partial charge in [0.15, 0.2) is 0 Å². The molecule has 1 N–H and O–H groups in total. The Morgan fingerprint density at radius 1 is 1.19 bits per heavy atom. The van der Waals surface area contributed by atoms with Gasteiger partial charge in [0, 0.05) is 5.56 Å². The van der Waals surface area contributed by atoms with Gasteiger partial charge in [0.05, 0.1) is 33.2 Å². The lowest BCUT2D eigenvalue weighted by Gasteiger charge is -2.22. The van der Waals surface area contributed by atoms with Crippen molar-refractivity contribution in [3.05, 3.63) is 62.8 Å². The van der Waals surface area contributed by atoms with Crippen LogP contribution in [0, 0.1) is 5.82 Å². The Morgan fingerprint density at radius 2 is 1.81 bits per heavy atom. The zero-order valence-corrected chi connectivity index (χ0v) is 16.9. The molecule has 0 heterocycles. The van der Waals surface area contributed by atoms with Crippen molar-refractivity contribution in [3.8, 4) is 0 Å². The molecule has 0 atom stereocenters. The molecule has 0 saturated heterocycles. The van der Waals surface area contributed by atoms with Crippen LogP contribution < -0.4 is 9.73 Å². The summed E-state index contributed by atoms with van der Waals surface area (Å²) in [4.78, 5) is 12.1. The first-order chi connectivity index (χ1) is 12.6. The van der Waals surface area contributed by atoms with E-state index in [1.165, 1.54) is 36.4 Å². The Kier molecular flexibility index (Phi) is 7.05. The topological polar surface area (TPSA) is 78.8 Å². The van der Waals surface area contributed by atoms with E-state index in [4.69, 9.17) is 34.8 Å². The molecule has 6 nitrogen and oxygen atoms in total. The van der Waals surface area contributed by atoms with Gasteiger partial charge in [-0.1, -0.05) is 46.9 Å². The Labute approximate surface area is 170 Å². The normalized spacial score (nSPS) is 11.6. The van der Waals surface area contributed by atoms with Gasteiger partial charge in [-0.15, -0.1) is 0 Å². The molecule has 1 amide bonds. The molecule has 0 bridgehead atoms. The SMILES string of the molecule is CS(=O)(=O)N(CC(=O)N/N=C/c1c(F)cccc1Cl)c1cccc(Cl)c1Cl. The number of amides is 1. The van der Waals surface area contributed by atoms with Crippen LogP contribution in [0.15, 0.2) is 41.5 Å². The monoisotopic (exact) mass is 451 g/mol. The van der Waals surface area contributed by atoms with Crippen LogP contribution in [0.3, 0.4) is 0 Å². The molecule has 0 fully saturated rings. The molecule has 0 spiro atoms. The zero-order chi connectivity index (χ0) is 20.2. The van der Waals surface area contributed by atoms with E-state index in [0.29, 0.717) is 0 Å². The second-order valence-electron chi connectivity index (χ2n) is 5.27. The average Bonchev–Trinajstić information content (AvgIpc) is 2.57. The van der Waals surface area contributed by atoms with Gasteiger partial charge in [-0.2, -0.15) is 5.10 Å². The van der Waals surface area contributed by atoms with Crippen LogP contribution in [0.5, 0.6) is 0 Å². The molecular weight excluding hydrogens is 440 g/mol. The summed E-state index contributed by atoms with van der Waals surface area (Å²) in [6.07, 6.45) is 1.94. The lowest BCUT2D eigenvalue weighted by Crippen LogP contribution is -2.39. The standard InChI is InChI=1S/C16H13Cl3FN3O3S/c1-27(25,26)23(14-7-3-5-12(18)16(14)19)9-15(24)22-21-8-10-11(17)4-2-6-13(10)20/h2-8H,9H2,1H3,(H,22,24)/b21-8+. The summed E-state index contributed by atoms with van der Waals surface area (Å²) >= 11 is 17.8. The van der Waals surface area contributed by atoms with Crippen molar-refractivity contribution in [2.75, 3.05) is 17.1 Å². The number of carbonyl (C=O) groups excluding carboxylic acids is 1. The van der Waals surface area contributed by atoms with E-state index >= 15 is 0 Å². The molecule has 2 aromatic rings. The third-order valence-corrected chi connectivity index (χ3v) is 5.54. The highest BCUT2D eigenvalue weighted by molar-refractivity contribution is 7.92. The lowest BCUT2D eigenvalue weighted by atomic mass is 10.2. The van der Waals surface area contributed by atoms with E-state index in [2.05, 4.69) is 10.5 Å². The minimum Gasteiger partial charge on any atom is -0.271 e. The molecule has 2 aromatic carbocycles. The fraction of sp³-hybridized carbons (Fsp3) is 0.125. The molecule has 0 aromatic heterocycles. The second kappa shape index (κ2) is 8.88. The number of hydrogen-bond donors (Lipinski definition) is 1. The number of hydrogen-bond acceptors (Lipinski definition) is 4. The maximum Gasteiger partial charge on any atom is 0.260 e. The largest absolute Gasteiger partial charge is 0.271 e. The van der Waals surface area contributed by atoms with Crippen LogP contribution in [0.25, 0.3) is 0 Å². The Balaban J connectivity index is 2.18. The molecule has 0 aliphatic rings. The smallest absolute Gasteiger partial charge is 0.260 e. The second-order valence-corrected chi connectivity index (χ2v) is 8.37.